The smallest absolute Gasteiger partial charge is 0.238 e. The molecule has 0 N–H and O–H groups in total. The average Bonchev–Trinajstić information content (AvgIpc) is 3.43. The summed E-state index contributed by atoms with van der Waals surface area (Å²) >= 11 is 0. The van der Waals surface area contributed by atoms with Crippen molar-refractivity contribution >= 4 is 12.2 Å². The van der Waals surface area contributed by atoms with Crippen LogP contribution in [0.25, 0.3) is 17.8 Å². The van der Waals surface area contributed by atoms with Crippen molar-refractivity contribution < 1.29 is 9.13 Å². The Balaban J connectivity index is 1.42. The van der Waals surface area contributed by atoms with Gasteiger partial charge in [0.25, 0.3) is 0 Å². The number of nitrogens with zero attached hydrogens (tertiary/aromatic N) is 6. The molecule has 0 bridgehead atoms. The minimum absolute atomic E-state index is 0.0873. The fourth-order valence-corrected chi connectivity index (χ4v) is 4.09. The first-order chi connectivity index (χ1) is 15.6. The molecule has 3 aromatic heterocycles. The lowest BCUT2D eigenvalue weighted by molar-refractivity contribution is 0.395. The molecule has 0 aliphatic carbocycles. The molecule has 1 aliphatic heterocycles. The first kappa shape index (κ1) is 20.1. The number of aryl methyl sites for hydroxylation is 2. The van der Waals surface area contributed by atoms with Crippen LogP contribution >= 0.6 is 0 Å². The van der Waals surface area contributed by atoms with Crippen LogP contribution in [0.2, 0.25) is 0 Å². The van der Waals surface area contributed by atoms with E-state index in [1.165, 1.54) is 6.07 Å². The highest BCUT2D eigenvalue weighted by Gasteiger charge is 2.27. The predicted octanol–water partition coefficient (Wildman–Crippen LogP) is 4.41. The van der Waals surface area contributed by atoms with Gasteiger partial charge in [0.05, 0.1) is 24.8 Å². The summed E-state index contributed by atoms with van der Waals surface area (Å²) in [6, 6.07) is 10.7. The van der Waals surface area contributed by atoms with Crippen molar-refractivity contribution in [2.24, 2.45) is 0 Å². The highest BCUT2D eigenvalue weighted by atomic mass is 19.1. The number of halogens is 1. The Morgan fingerprint density at radius 2 is 2.00 bits per heavy atom. The van der Waals surface area contributed by atoms with Crippen LogP contribution < -0.4 is 4.74 Å². The van der Waals surface area contributed by atoms with Gasteiger partial charge in [0, 0.05) is 18.7 Å². The molecular weight excluding hydrogens is 407 g/mol. The van der Waals surface area contributed by atoms with E-state index in [1.807, 2.05) is 58.8 Å². The number of hydrogen-bond acceptors (Lipinski definition) is 5. The maximum atomic E-state index is 14.4. The average molecular weight is 430 g/mol. The quantitative estimate of drug-likeness (QED) is 0.469. The summed E-state index contributed by atoms with van der Waals surface area (Å²) < 4.78 is 23.6. The van der Waals surface area contributed by atoms with E-state index in [2.05, 4.69) is 15.1 Å². The number of ether oxygens (including phenoxy) is 1. The van der Waals surface area contributed by atoms with Crippen molar-refractivity contribution in [3.05, 3.63) is 83.3 Å². The van der Waals surface area contributed by atoms with E-state index in [4.69, 9.17) is 9.72 Å². The Labute approximate surface area is 185 Å². The fraction of sp³-hybridized carbons (Fsp3) is 0.250. The van der Waals surface area contributed by atoms with E-state index >= 15 is 0 Å². The molecule has 0 unspecified atom stereocenters. The number of aromatic nitrogens is 6. The van der Waals surface area contributed by atoms with Gasteiger partial charge in [-0.15, -0.1) is 0 Å². The Morgan fingerprint density at radius 3 is 2.78 bits per heavy atom. The second-order valence-corrected chi connectivity index (χ2v) is 7.79. The number of benzene rings is 1. The zero-order valence-electron chi connectivity index (χ0n) is 17.9. The van der Waals surface area contributed by atoms with E-state index < -0.39 is 0 Å². The third kappa shape index (κ3) is 3.79. The predicted molar refractivity (Wildman–Crippen MR) is 119 cm³/mol. The van der Waals surface area contributed by atoms with Crippen LogP contribution in [0.15, 0.2) is 48.9 Å². The van der Waals surface area contributed by atoms with E-state index in [9.17, 15) is 4.39 Å². The summed E-state index contributed by atoms with van der Waals surface area (Å²) in [5, 5.41) is 4.61. The van der Waals surface area contributed by atoms with Crippen LogP contribution in [-0.4, -0.2) is 36.4 Å². The third-order valence-corrected chi connectivity index (χ3v) is 5.62. The molecule has 0 saturated carbocycles. The van der Waals surface area contributed by atoms with E-state index in [1.54, 1.807) is 19.5 Å². The summed E-state index contributed by atoms with van der Waals surface area (Å²) in [6.07, 6.45) is 9.12. The third-order valence-electron chi connectivity index (χ3n) is 5.62. The fourth-order valence-electron chi connectivity index (χ4n) is 4.09. The molecule has 5 rings (SSSR count). The molecule has 32 heavy (non-hydrogen) atoms. The molecule has 0 fully saturated rings. The Bertz CT molecular complexity index is 1290. The largest absolute Gasteiger partial charge is 0.479 e. The van der Waals surface area contributed by atoms with Crippen LogP contribution in [0.4, 0.5) is 4.39 Å². The van der Waals surface area contributed by atoms with E-state index in [0.29, 0.717) is 17.3 Å². The van der Waals surface area contributed by atoms with Crippen molar-refractivity contribution in [2.75, 3.05) is 7.11 Å². The molecule has 4 aromatic rings. The van der Waals surface area contributed by atoms with Crippen molar-refractivity contribution in [1.29, 1.82) is 0 Å². The van der Waals surface area contributed by atoms with Gasteiger partial charge in [0.1, 0.15) is 17.3 Å². The molecule has 7 nitrogen and oxygen atoms in total. The van der Waals surface area contributed by atoms with Gasteiger partial charge < -0.3 is 9.30 Å². The minimum Gasteiger partial charge on any atom is -0.479 e. The van der Waals surface area contributed by atoms with Crippen LogP contribution in [0, 0.1) is 12.7 Å². The molecule has 0 saturated heterocycles. The number of fused-ring (bicyclic) bond motifs is 1. The van der Waals surface area contributed by atoms with Crippen LogP contribution in [-0.2, 0) is 6.54 Å². The van der Waals surface area contributed by atoms with Gasteiger partial charge in [-0.25, -0.2) is 24.0 Å². The molecule has 1 aliphatic rings. The van der Waals surface area contributed by atoms with Gasteiger partial charge in [-0.2, -0.15) is 5.10 Å². The van der Waals surface area contributed by atoms with Gasteiger partial charge in [-0.05, 0) is 55.7 Å². The normalized spacial score (nSPS) is 15.8. The number of rotatable bonds is 5. The van der Waals surface area contributed by atoms with E-state index in [0.717, 1.165) is 42.3 Å². The Kier molecular flexibility index (Phi) is 5.26. The first-order valence-corrected chi connectivity index (χ1v) is 10.6. The number of hydrogen-bond donors (Lipinski definition) is 0. The summed E-state index contributed by atoms with van der Waals surface area (Å²) in [4.78, 5) is 13.5. The molecule has 0 radical (unpaired) electrons. The molecule has 1 atom stereocenters. The highest BCUT2D eigenvalue weighted by molar-refractivity contribution is 5.65. The summed E-state index contributed by atoms with van der Waals surface area (Å²) in [7, 11) is 1.59. The monoisotopic (exact) mass is 430 g/mol. The van der Waals surface area contributed by atoms with Crippen molar-refractivity contribution in [3.8, 4) is 11.6 Å². The van der Waals surface area contributed by atoms with Crippen LogP contribution in [0.1, 0.15) is 47.4 Å². The molecule has 162 valence electrons. The summed E-state index contributed by atoms with van der Waals surface area (Å²) in [6.45, 7) is 2.72. The molecule has 8 heteroatoms. The number of pyridine rings is 1. The minimum atomic E-state index is -0.199. The Morgan fingerprint density at radius 1 is 1.12 bits per heavy atom. The lowest BCUT2D eigenvalue weighted by Crippen LogP contribution is -2.18. The second-order valence-electron chi connectivity index (χ2n) is 7.79. The van der Waals surface area contributed by atoms with E-state index in [-0.39, 0.29) is 11.7 Å². The summed E-state index contributed by atoms with van der Waals surface area (Å²) in [5.41, 5.74) is 3.13. The lowest BCUT2D eigenvalue weighted by Gasteiger charge is -2.22. The number of methoxy groups -OCH3 is 1. The SMILES string of the molecule is COc1nc(C=Cc2nc3n(n2)CCC[C@@H]3c2ccccc2F)ccc1-n1cnc(C)c1. The molecule has 0 spiro atoms. The van der Waals surface area contributed by atoms with Crippen molar-refractivity contribution in [3.63, 3.8) is 0 Å². The van der Waals surface area contributed by atoms with Crippen molar-refractivity contribution in [2.45, 2.75) is 32.2 Å². The molecule has 4 heterocycles. The van der Waals surface area contributed by atoms with Gasteiger partial charge in [0.15, 0.2) is 5.82 Å². The van der Waals surface area contributed by atoms with Crippen LogP contribution in [0.5, 0.6) is 5.88 Å². The highest BCUT2D eigenvalue weighted by Crippen LogP contribution is 2.33. The zero-order valence-corrected chi connectivity index (χ0v) is 17.9. The second kappa shape index (κ2) is 8.37. The lowest BCUT2D eigenvalue weighted by atomic mass is 9.91. The maximum Gasteiger partial charge on any atom is 0.238 e. The number of imidazole rings is 1. The molecule has 1 aromatic carbocycles. The maximum absolute atomic E-state index is 14.4. The topological polar surface area (TPSA) is 70.7 Å². The molecule has 0 amide bonds. The van der Waals surface area contributed by atoms with Gasteiger partial charge in [-0.1, -0.05) is 18.2 Å². The van der Waals surface area contributed by atoms with Gasteiger partial charge in [-0.3, -0.25) is 0 Å². The van der Waals surface area contributed by atoms with Gasteiger partial charge in [0.2, 0.25) is 5.88 Å². The van der Waals surface area contributed by atoms with Crippen LogP contribution in [0.3, 0.4) is 0 Å². The van der Waals surface area contributed by atoms with Gasteiger partial charge >= 0.3 is 0 Å². The standard InChI is InChI=1S/C24H23FN6O/c1-16-14-30(15-26-16)21-11-9-17(27-24(21)32-2)10-12-22-28-23-19(7-5-13-31(23)29-22)18-6-3-4-8-20(18)25/h3-4,6,8-12,14-15,19H,5,7,13H2,1-2H3/t19-/m1/s1. The molecular formula is C24H23FN6O. The summed E-state index contributed by atoms with van der Waals surface area (Å²) in [5.74, 6) is 1.60. The first-order valence-electron chi connectivity index (χ1n) is 10.6. The van der Waals surface area contributed by atoms with Crippen molar-refractivity contribution in [1.82, 2.24) is 29.3 Å². The Hall–Kier alpha value is -3.81. The zero-order chi connectivity index (χ0) is 22.1.